The molecule has 2 heterocycles. The fraction of sp³-hybridized carbons (Fsp3) is 0.722. The second kappa shape index (κ2) is 6.78. The molecule has 21 heavy (non-hydrogen) atoms. The lowest BCUT2D eigenvalue weighted by molar-refractivity contribution is -0.161. The van der Waals surface area contributed by atoms with Crippen LogP contribution in [0.3, 0.4) is 0 Å². The molecule has 0 aromatic rings. The molecule has 2 fully saturated rings. The SMILES string of the molecule is CCC1OC2C3CC1C2C=CCC=CCCCCC(=O)O3. The van der Waals surface area contributed by atoms with Crippen LogP contribution < -0.4 is 0 Å². The quantitative estimate of drug-likeness (QED) is 0.544. The van der Waals surface area contributed by atoms with Crippen molar-refractivity contribution in [2.75, 3.05) is 0 Å². The first-order valence-electron chi connectivity index (χ1n) is 8.46. The molecule has 3 aliphatic rings. The first-order valence-corrected chi connectivity index (χ1v) is 8.46. The van der Waals surface area contributed by atoms with E-state index in [1.165, 1.54) is 0 Å². The van der Waals surface area contributed by atoms with Crippen LogP contribution in [0.25, 0.3) is 0 Å². The Bertz CT molecular complexity index is 426. The van der Waals surface area contributed by atoms with Gasteiger partial charge in [0.2, 0.25) is 0 Å². The van der Waals surface area contributed by atoms with Gasteiger partial charge in [-0.15, -0.1) is 0 Å². The summed E-state index contributed by atoms with van der Waals surface area (Å²) in [6, 6.07) is 0. The molecule has 116 valence electrons. The molecular weight excluding hydrogens is 264 g/mol. The predicted octanol–water partition coefficient (Wildman–Crippen LogP) is 3.79. The van der Waals surface area contributed by atoms with Crippen molar-refractivity contribution in [3.63, 3.8) is 0 Å². The van der Waals surface area contributed by atoms with Crippen molar-refractivity contribution in [1.29, 1.82) is 0 Å². The van der Waals surface area contributed by atoms with Crippen molar-refractivity contribution in [2.24, 2.45) is 11.8 Å². The lowest BCUT2D eigenvalue weighted by Crippen LogP contribution is -2.34. The molecule has 5 unspecified atom stereocenters. The molecule has 0 N–H and O–H groups in total. The maximum absolute atomic E-state index is 12.0. The highest BCUT2D eigenvalue weighted by Gasteiger charge is 2.54. The summed E-state index contributed by atoms with van der Waals surface area (Å²) in [4.78, 5) is 12.0. The van der Waals surface area contributed by atoms with Crippen LogP contribution in [0, 0.1) is 11.8 Å². The summed E-state index contributed by atoms with van der Waals surface area (Å²) in [5.41, 5.74) is 0. The number of ether oxygens (including phenoxy) is 2. The van der Waals surface area contributed by atoms with Crippen LogP contribution in [-0.2, 0) is 14.3 Å². The minimum atomic E-state index is -0.0482. The average Bonchev–Trinajstić information content (AvgIpc) is 2.98. The van der Waals surface area contributed by atoms with Gasteiger partial charge in [0.1, 0.15) is 12.2 Å². The molecule has 0 radical (unpaired) electrons. The lowest BCUT2D eigenvalue weighted by Gasteiger charge is -2.27. The lowest BCUT2D eigenvalue weighted by atomic mass is 9.91. The van der Waals surface area contributed by atoms with Crippen molar-refractivity contribution in [2.45, 2.75) is 70.2 Å². The van der Waals surface area contributed by atoms with Crippen molar-refractivity contribution in [3.8, 4) is 0 Å². The van der Waals surface area contributed by atoms with E-state index >= 15 is 0 Å². The maximum atomic E-state index is 12.0. The van der Waals surface area contributed by atoms with E-state index in [2.05, 4.69) is 31.2 Å². The van der Waals surface area contributed by atoms with Gasteiger partial charge in [-0.05, 0) is 44.4 Å². The van der Waals surface area contributed by atoms with E-state index < -0.39 is 0 Å². The van der Waals surface area contributed by atoms with Crippen LogP contribution in [0.5, 0.6) is 0 Å². The zero-order valence-corrected chi connectivity index (χ0v) is 12.9. The zero-order valence-electron chi connectivity index (χ0n) is 12.9. The van der Waals surface area contributed by atoms with Gasteiger partial charge < -0.3 is 9.47 Å². The molecule has 4 bridgehead atoms. The van der Waals surface area contributed by atoms with E-state index in [1.807, 2.05) is 0 Å². The van der Waals surface area contributed by atoms with Crippen molar-refractivity contribution >= 4 is 5.97 Å². The molecular formula is C18H26O3. The molecule has 3 heteroatoms. The fourth-order valence-corrected chi connectivity index (χ4v) is 3.99. The average molecular weight is 290 g/mol. The second-order valence-corrected chi connectivity index (χ2v) is 6.43. The zero-order chi connectivity index (χ0) is 14.7. The van der Waals surface area contributed by atoms with Crippen LogP contribution in [0.15, 0.2) is 24.3 Å². The Balaban J connectivity index is 1.73. The normalized spacial score (nSPS) is 40.0. The highest BCUT2D eigenvalue weighted by molar-refractivity contribution is 5.69. The molecule has 3 nitrogen and oxygen atoms in total. The summed E-state index contributed by atoms with van der Waals surface area (Å²) >= 11 is 0. The van der Waals surface area contributed by atoms with Crippen LogP contribution in [0.4, 0.5) is 0 Å². The molecule has 0 amide bonds. The highest BCUT2D eigenvalue weighted by Crippen LogP contribution is 2.48. The minimum absolute atomic E-state index is 0.0292. The van der Waals surface area contributed by atoms with E-state index in [1.54, 1.807) is 0 Å². The van der Waals surface area contributed by atoms with Crippen LogP contribution in [0.1, 0.15) is 51.9 Å². The largest absolute Gasteiger partial charge is 0.460 e. The summed E-state index contributed by atoms with van der Waals surface area (Å²) in [6.07, 6.45) is 16.0. The van der Waals surface area contributed by atoms with E-state index in [4.69, 9.17) is 9.47 Å². The summed E-state index contributed by atoms with van der Waals surface area (Å²) in [7, 11) is 0. The Kier molecular flexibility index (Phi) is 4.79. The molecule has 2 aliphatic heterocycles. The Labute approximate surface area is 127 Å². The number of esters is 1. The third-order valence-electron chi connectivity index (χ3n) is 5.04. The Morgan fingerprint density at radius 2 is 2.14 bits per heavy atom. The molecule has 3 rings (SSSR count). The van der Waals surface area contributed by atoms with E-state index in [0.29, 0.717) is 24.4 Å². The third kappa shape index (κ3) is 3.23. The summed E-state index contributed by atoms with van der Waals surface area (Å²) in [5, 5.41) is 0. The summed E-state index contributed by atoms with van der Waals surface area (Å²) in [5.74, 6) is 0.889. The molecule has 0 spiro atoms. The highest BCUT2D eigenvalue weighted by atomic mass is 16.6. The molecule has 0 aromatic carbocycles. The van der Waals surface area contributed by atoms with Crippen LogP contribution in [0.2, 0.25) is 0 Å². The number of rotatable bonds is 1. The van der Waals surface area contributed by atoms with E-state index in [9.17, 15) is 4.79 Å². The van der Waals surface area contributed by atoms with Crippen molar-refractivity contribution in [1.82, 2.24) is 0 Å². The Hall–Kier alpha value is -1.09. The number of allylic oxidation sites excluding steroid dienone is 3. The van der Waals surface area contributed by atoms with Crippen molar-refractivity contribution in [3.05, 3.63) is 24.3 Å². The van der Waals surface area contributed by atoms with Gasteiger partial charge in [0.05, 0.1) is 6.10 Å². The number of hydrogen-bond donors (Lipinski definition) is 0. The summed E-state index contributed by atoms with van der Waals surface area (Å²) < 4.78 is 11.8. The van der Waals surface area contributed by atoms with E-state index in [-0.39, 0.29) is 18.2 Å². The third-order valence-corrected chi connectivity index (χ3v) is 5.04. The van der Waals surface area contributed by atoms with Gasteiger partial charge >= 0.3 is 5.97 Å². The number of carbonyl (C=O) groups excluding carboxylic acids is 1. The summed E-state index contributed by atoms with van der Waals surface area (Å²) in [6.45, 7) is 2.18. The van der Waals surface area contributed by atoms with Gasteiger partial charge in [-0.25, -0.2) is 0 Å². The van der Waals surface area contributed by atoms with Gasteiger partial charge in [0.25, 0.3) is 0 Å². The van der Waals surface area contributed by atoms with Gasteiger partial charge in [0.15, 0.2) is 0 Å². The van der Waals surface area contributed by atoms with Crippen molar-refractivity contribution < 1.29 is 14.3 Å². The Morgan fingerprint density at radius 3 is 3.00 bits per heavy atom. The smallest absolute Gasteiger partial charge is 0.306 e. The van der Waals surface area contributed by atoms with Gasteiger partial charge in [-0.2, -0.15) is 0 Å². The fourth-order valence-electron chi connectivity index (χ4n) is 3.99. The minimum Gasteiger partial charge on any atom is -0.460 e. The van der Waals surface area contributed by atoms with Gasteiger partial charge in [-0.3, -0.25) is 4.79 Å². The first kappa shape index (κ1) is 14.8. The number of hydrogen-bond acceptors (Lipinski definition) is 3. The molecule has 1 aliphatic carbocycles. The second-order valence-electron chi connectivity index (χ2n) is 6.43. The van der Waals surface area contributed by atoms with Crippen LogP contribution >= 0.6 is 0 Å². The maximum Gasteiger partial charge on any atom is 0.306 e. The molecule has 1 saturated carbocycles. The predicted molar refractivity (Wildman–Crippen MR) is 81.8 cm³/mol. The Morgan fingerprint density at radius 1 is 1.24 bits per heavy atom. The first-order chi connectivity index (χ1) is 10.3. The van der Waals surface area contributed by atoms with E-state index in [0.717, 1.165) is 38.5 Å². The standard InChI is InChI=1S/C18H26O3/c1-2-15-14-12-16-18(21-15)13(14)10-8-6-4-3-5-7-9-11-17(19)20-16/h3-4,8,10,13-16,18H,2,5-7,9,11-12H2,1H3. The molecule has 0 aromatic heterocycles. The van der Waals surface area contributed by atoms with Crippen LogP contribution in [-0.4, -0.2) is 24.3 Å². The van der Waals surface area contributed by atoms with Gasteiger partial charge in [-0.1, -0.05) is 31.2 Å². The monoisotopic (exact) mass is 290 g/mol. The topological polar surface area (TPSA) is 35.5 Å². The molecule has 5 atom stereocenters. The molecule has 1 saturated heterocycles. The van der Waals surface area contributed by atoms with Gasteiger partial charge in [0, 0.05) is 12.3 Å². The number of carbonyl (C=O) groups is 1.